The van der Waals surface area contributed by atoms with Gasteiger partial charge in [-0.25, -0.2) is 14.6 Å². The molecule has 2 aliphatic rings. The second-order valence-corrected chi connectivity index (χ2v) is 8.18. The first kappa shape index (κ1) is 21.6. The van der Waals surface area contributed by atoms with E-state index in [1.807, 2.05) is 30.3 Å². The largest absolute Gasteiger partial charge is 0.471 e. The Hall–Kier alpha value is -3.21. The van der Waals surface area contributed by atoms with Crippen molar-refractivity contribution in [3.05, 3.63) is 36.5 Å². The predicted molar refractivity (Wildman–Crippen MR) is 115 cm³/mol. The fourth-order valence-electron chi connectivity index (χ4n) is 4.40. The summed E-state index contributed by atoms with van der Waals surface area (Å²) in [6, 6.07) is 9.48. The Morgan fingerprint density at radius 3 is 2.36 bits per heavy atom. The van der Waals surface area contributed by atoms with Crippen LogP contribution < -0.4 is 4.90 Å². The van der Waals surface area contributed by atoms with Crippen molar-refractivity contribution in [1.29, 1.82) is 0 Å². The van der Waals surface area contributed by atoms with Crippen LogP contribution in [0.4, 0.5) is 19.0 Å². The minimum atomic E-state index is -4.85. The Morgan fingerprint density at radius 2 is 1.70 bits per heavy atom. The molecule has 2 saturated heterocycles. The summed E-state index contributed by atoms with van der Waals surface area (Å²) in [5, 5.41) is 5.36. The number of alkyl halides is 3. The number of benzene rings is 1. The Bertz CT molecular complexity index is 1140. The average Bonchev–Trinajstić information content (AvgIpc) is 3.28. The summed E-state index contributed by atoms with van der Waals surface area (Å²) >= 11 is 0. The first-order chi connectivity index (χ1) is 15.9. The molecule has 0 aliphatic carbocycles. The SMILES string of the molecule is O=C(N1CCC(n2ncc3c(N4CCOCC4)nc(-c4ccccc4)nc32)CC1)C(F)(F)F. The molecule has 0 saturated carbocycles. The van der Waals surface area contributed by atoms with Crippen LogP contribution in [0.2, 0.25) is 0 Å². The summed E-state index contributed by atoms with van der Waals surface area (Å²) < 4.78 is 45.7. The topological polar surface area (TPSA) is 76.4 Å². The van der Waals surface area contributed by atoms with Crippen LogP contribution in [-0.2, 0) is 9.53 Å². The fraction of sp³-hybridized carbons (Fsp3) is 0.455. The third-order valence-electron chi connectivity index (χ3n) is 6.12. The smallest absolute Gasteiger partial charge is 0.378 e. The van der Waals surface area contributed by atoms with Crippen molar-refractivity contribution in [1.82, 2.24) is 24.6 Å². The number of ether oxygens (including phenoxy) is 1. The van der Waals surface area contributed by atoms with Gasteiger partial charge in [-0.15, -0.1) is 0 Å². The highest BCUT2D eigenvalue weighted by atomic mass is 19.4. The van der Waals surface area contributed by atoms with E-state index in [9.17, 15) is 18.0 Å². The lowest BCUT2D eigenvalue weighted by molar-refractivity contribution is -0.186. The molecule has 1 amide bonds. The maximum Gasteiger partial charge on any atom is 0.471 e. The van der Waals surface area contributed by atoms with Crippen LogP contribution in [0.3, 0.4) is 0 Å². The number of fused-ring (bicyclic) bond motifs is 1. The molecule has 0 atom stereocenters. The molecule has 0 unspecified atom stereocenters. The summed E-state index contributed by atoms with van der Waals surface area (Å²) in [7, 11) is 0. The van der Waals surface area contributed by atoms with Gasteiger partial charge < -0.3 is 14.5 Å². The first-order valence-corrected chi connectivity index (χ1v) is 10.9. The normalized spacial score (nSPS) is 18.2. The zero-order valence-corrected chi connectivity index (χ0v) is 17.8. The van der Waals surface area contributed by atoms with Gasteiger partial charge in [0.2, 0.25) is 0 Å². The second-order valence-electron chi connectivity index (χ2n) is 8.18. The first-order valence-electron chi connectivity index (χ1n) is 10.9. The van der Waals surface area contributed by atoms with Gasteiger partial charge in [0.25, 0.3) is 0 Å². The number of hydrogen-bond acceptors (Lipinski definition) is 6. The molecule has 8 nitrogen and oxygen atoms in total. The van der Waals surface area contributed by atoms with E-state index in [0.717, 1.165) is 21.7 Å². The molecule has 4 heterocycles. The monoisotopic (exact) mass is 460 g/mol. The molecule has 2 aliphatic heterocycles. The molecule has 5 rings (SSSR count). The number of morpholine rings is 1. The van der Waals surface area contributed by atoms with E-state index >= 15 is 0 Å². The van der Waals surface area contributed by atoms with Crippen molar-refractivity contribution in [2.75, 3.05) is 44.3 Å². The zero-order chi connectivity index (χ0) is 23.0. The van der Waals surface area contributed by atoms with Gasteiger partial charge in [0.15, 0.2) is 11.5 Å². The number of piperidine rings is 1. The average molecular weight is 460 g/mol. The van der Waals surface area contributed by atoms with Crippen molar-refractivity contribution < 1.29 is 22.7 Å². The lowest BCUT2D eigenvalue weighted by Crippen LogP contribution is -2.45. The van der Waals surface area contributed by atoms with Crippen molar-refractivity contribution in [3.8, 4) is 11.4 Å². The van der Waals surface area contributed by atoms with Gasteiger partial charge >= 0.3 is 12.1 Å². The highest BCUT2D eigenvalue weighted by Gasteiger charge is 2.43. The lowest BCUT2D eigenvalue weighted by atomic mass is 10.1. The molecule has 0 bridgehead atoms. The summed E-state index contributed by atoms with van der Waals surface area (Å²) in [5.41, 5.74) is 1.51. The zero-order valence-electron chi connectivity index (χ0n) is 17.8. The van der Waals surface area contributed by atoms with E-state index in [1.165, 1.54) is 0 Å². The third-order valence-corrected chi connectivity index (χ3v) is 6.12. The number of rotatable bonds is 3. The third kappa shape index (κ3) is 4.24. The number of amides is 1. The van der Waals surface area contributed by atoms with Crippen molar-refractivity contribution >= 4 is 22.8 Å². The highest BCUT2D eigenvalue weighted by molar-refractivity contribution is 5.89. The molecular weight excluding hydrogens is 437 g/mol. The molecule has 33 heavy (non-hydrogen) atoms. The lowest BCUT2D eigenvalue weighted by Gasteiger charge is -2.32. The maximum absolute atomic E-state index is 12.8. The van der Waals surface area contributed by atoms with Crippen molar-refractivity contribution in [2.45, 2.75) is 25.1 Å². The van der Waals surface area contributed by atoms with Crippen LogP contribution in [0.15, 0.2) is 36.5 Å². The molecule has 0 radical (unpaired) electrons. The molecule has 174 valence electrons. The van der Waals surface area contributed by atoms with Crippen molar-refractivity contribution in [3.63, 3.8) is 0 Å². The Balaban J connectivity index is 1.50. The molecular formula is C22H23F3N6O2. The number of carbonyl (C=O) groups is 1. The number of hydrogen-bond donors (Lipinski definition) is 0. The molecule has 3 aromatic rings. The number of anilines is 1. The van der Waals surface area contributed by atoms with E-state index in [4.69, 9.17) is 14.7 Å². The fourth-order valence-corrected chi connectivity index (χ4v) is 4.40. The van der Waals surface area contributed by atoms with Crippen LogP contribution in [0.25, 0.3) is 22.4 Å². The predicted octanol–water partition coefficient (Wildman–Crippen LogP) is 3.06. The number of likely N-dealkylation sites (tertiary alicyclic amines) is 1. The van der Waals surface area contributed by atoms with Gasteiger partial charge in [0.05, 0.1) is 30.8 Å². The standard InChI is InChI=1S/C22H23F3N6O2/c23-22(24,25)21(32)30-8-6-16(7-9-30)31-20-17(14-26-31)19(29-10-12-33-13-11-29)27-18(28-20)15-4-2-1-3-5-15/h1-5,14,16H,6-13H2. The number of halogens is 3. The van der Waals surface area contributed by atoms with E-state index in [2.05, 4.69) is 10.00 Å². The minimum Gasteiger partial charge on any atom is -0.378 e. The van der Waals surface area contributed by atoms with Crippen LogP contribution in [-0.4, -0.2) is 76.1 Å². The molecule has 0 spiro atoms. The van der Waals surface area contributed by atoms with Gasteiger partial charge in [-0.1, -0.05) is 30.3 Å². The Labute approximate surface area is 188 Å². The van der Waals surface area contributed by atoms with Gasteiger partial charge in [-0.05, 0) is 12.8 Å². The van der Waals surface area contributed by atoms with Crippen LogP contribution >= 0.6 is 0 Å². The Morgan fingerprint density at radius 1 is 1.00 bits per heavy atom. The Kier molecular flexibility index (Phi) is 5.65. The van der Waals surface area contributed by atoms with Gasteiger partial charge in [0.1, 0.15) is 5.82 Å². The summed E-state index contributed by atoms with van der Waals surface area (Å²) in [4.78, 5) is 24.2. The van der Waals surface area contributed by atoms with E-state index in [-0.39, 0.29) is 19.1 Å². The number of aromatic nitrogens is 4. The second kappa shape index (κ2) is 8.62. The van der Waals surface area contributed by atoms with E-state index in [0.29, 0.717) is 50.6 Å². The summed E-state index contributed by atoms with van der Waals surface area (Å²) in [6.45, 7) is 2.65. The van der Waals surface area contributed by atoms with E-state index in [1.54, 1.807) is 10.9 Å². The van der Waals surface area contributed by atoms with Crippen LogP contribution in [0, 0.1) is 0 Å². The number of carbonyl (C=O) groups excluding carboxylic acids is 1. The van der Waals surface area contributed by atoms with Gasteiger partial charge in [0, 0.05) is 31.7 Å². The quantitative estimate of drug-likeness (QED) is 0.598. The molecule has 11 heteroatoms. The van der Waals surface area contributed by atoms with E-state index < -0.39 is 12.1 Å². The molecule has 2 aromatic heterocycles. The summed E-state index contributed by atoms with van der Waals surface area (Å²) in [5.74, 6) is -0.441. The molecule has 0 N–H and O–H groups in total. The minimum absolute atomic E-state index is 0.0251. The van der Waals surface area contributed by atoms with Crippen LogP contribution in [0.5, 0.6) is 0 Å². The highest BCUT2D eigenvalue weighted by Crippen LogP contribution is 2.32. The van der Waals surface area contributed by atoms with Crippen molar-refractivity contribution in [2.24, 2.45) is 0 Å². The summed E-state index contributed by atoms with van der Waals surface area (Å²) in [6.07, 6.45) is -2.38. The van der Waals surface area contributed by atoms with Gasteiger partial charge in [-0.2, -0.15) is 18.3 Å². The maximum atomic E-state index is 12.8. The number of nitrogens with zero attached hydrogens (tertiary/aromatic N) is 6. The van der Waals surface area contributed by atoms with Gasteiger partial charge in [-0.3, -0.25) is 4.79 Å². The molecule has 1 aromatic carbocycles. The molecule has 2 fully saturated rings. The van der Waals surface area contributed by atoms with Crippen LogP contribution in [0.1, 0.15) is 18.9 Å².